The molecule has 0 saturated carbocycles. The first kappa shape index (κ1) is 13.9. The average molecular weight is 283 g/mol. The Balaban J connectivity index is 2.45. The molecule has 2 rings (SSSR count). The second-order valence-electron chi connectivity index (χ2n) is 3.79. The summed E-state index contributed by atoms with van der Waals surface area (Å²) >= 11 is 0. The van der Waals surface area contributed by atoms with Crippen LogP contribution in [-0.4, -0.2) is 16.1 Å². The van der Waals surface area contributed by atoms with Crippen LogP contribution in [0.2, 0.25) is 0 Å². The lowest BCUT2D eigenvalue weighted by Gasteiger charge is -2.11. The number of nitrogens with zero attached hydrogens (tertiary/aromatic N) is 1. The van der Waals surface area contributed by atoms with E-state index in [0.717, 1.165) is 0 Å². The SMILES string of the molecule is O=C(O)c1ncc(C(F)(F)F)cc1Oc1ccccc1. The molecule has 0 bridgehead atoms. The highest BCUT2D eigenvalue weighted by molar-refractivity contribution is 5.88. The number of rotatable bonds is 3. The van der Waals surface area contributed by atoms with Crippen molar-refractivity contribution < 1.29 is 27.8 Å². The van der Waals surface area contributed by atoms with Crippen molar-refractivity contribution in [2.75, 3.05) is 0 Å². The molecule has 0 fully saturated rings. The molecule has 0 radical (unpaired) electrons. The molecule has 2 aromatic rings. The number of hydrogen-bond acceptors (Lipinski definition) is 3. The van der Waals surface area contributed by atoms with Crippen molar-refractivity contribution in [1.29, 1.82) is 0 Å². The molecular weight excluding hydrogens is 275 g/mol. The van der Waals surface area contributed by atoms with Crippen LogP contribution in [0, 0.1) is 0 Å². The van der Waals surface area contributed by atoms with Crippen molar-refractivity contribution in [2.24, 2.45) is 0 Å². The van der Waals surface area contributed by atoms with Crippen LogP contribution < -0.4 is 4.74 Å². The Kier molecular flexibility index (Phi) is 3.60. The summed E-state index contributed by atoms with van der Waals surface area (Å²) in [5.41, 5.74) is -1.66. The van der Waals surface area contributed by atoms with Crippen LogP contribution in [0.5, 0.6) is 11.5 Å². The van der Waals surface area contributed by atoms with Crippen molar-refractivity contribution in [2.45, 2.75) is 6.18 Å². The number of halogens is 3. The van der Waals surface area contributed by atoms with Crippen LogP contribution in [0.1, 0.15) is 16.1 Å². The van der Waals surface area contributed by atoms with E-state index in [1.54, 1.807) is 18.2 Å². The number of para-hydroxylation sites is 1. The third-order valence-electron chi connectivity index (χ3n) is 2.35. The van der Waals surface area contributed by atoms with Gasteiger partial charge in [-0.2, -0.15) is 13.2 Å². The zero-order chi connectivity index (χ0) is 14.8. The van der Waals surface area contributed by atoms with Gasteiger partial charge in [0.05, 0.1) is 5.56 Å². The molecule has 0 unspecified atom stereocenters. The van der Waals surface area contributed by atoms with Crippen LogP contribution in [-0.2, 0) is 6.18 Å². The Morgan fingerprint density at radius 1 is 1.20 bits per heavy atom. The van der Waals surface area contributed by atoms with E-state index >= 15 is 0 Å². The number of hydrogen-bond donors (Lipinski definition) is 1. The predicted molar refractivity (Wildman–Crippen MR) is 62.7 cm³/mol. The third kappa shape index (κ3) is 3.05. The van der Waals surface area contributed by atoms with E-state index in [-0.39, 0.29) is 5.75 Å². The monoisotopic (exact) mass is 283 g/mol. The minimum Gasteiger partial charge on any atom is -0.476 e. The van der Waals surface area contributed by atoms with Crippen LogP contribution >= 0.6 is 0 Å². The van der Waals surface area contributed by atoms with E-state index in [4.69, 9.17) is 9.84 Å². The molecule has 0 aliphatic heterocycles. The Bertz CT molecular complexity index is 627. The summed E-state index contributed by atoms with van der Waals surface area (Å²) in [6.45, 7) is 0. The largest absolute Gasteiger partial charge is 0.476 e. The van der Waals surface area contributed by atoms with Gasteiger partial charge >= 0.3 is 12.1 Å². The van der Waals surface area contributed by atoms with Gasteiger partial charge in [0.15, 0.2) is 11.4 Å². The first-order valence-corrected chi connectivity index (χ1v) is 5.41. The van der Waals surface area contributed by atoms with Gasteiger partial charge in [-0.15, -0.1) is 0 Å². The van der Waals surface area contributed by atoms with Gasteiger partial charge in [-0.1, -0.05) is 18.2 Å². The highest BCUT2D eigenvalue weighted by Crippen LogP contribution is 2.33. The van der Waals surface area contributed by atoms with Crippen molar-refractivity contribution in [3.63, 3.8) is 0 Å². The number of carbonyl (C=O) groups is 1. The number of ether oxygens (including phenoxy) is 1. The predicted octanol–water partition coefficient (Wildman–Crippen LogP) is 3.59. The van der Waals surface area contributed by atoms with Crippen LogP contribution in [0.25, 0.3) is 0 Å². The molecule has 1 heterocycles. The van der Waals surface area contributed by atoms with E-state index in [0.29, 0.717) is 12.3 Å². The second-order valence-corrected chi connectivity index (χ2v) is 3.79. The first-order valence-electron chi connectivity index (χ1n) is 5.41. The molecule has 0 aliphatic rings. The van der Waals surface area contributed by atoms with Crippen LogP contribution in [0.3, 0.4) is 0 Å². The highest BCUT2D eigenvalue weighted by atomic mass is 19.4. The fourth-order valence-corrected chi connectivity index (χ4v) is 1.45. The molecule has 20 heavy (non-hydrogen) atoms. The van der Waals surface area contributed by atoms with Gasteiger partial charge < -0.3 is 9.84 Å². The van der Waals surface area contributed by atoms with E-state index in [2.05, 4.69) is 4.98 Å². The topological polar surface area (TPSA) is 59.4 Å². The molecule has 1 aromatic carbocycles. The first-order chi connectivity index (χ1) is 9.38. The molecule has 7 heteroatoms. The van der Waals surface area contributed by atoms with Crippen molar-refractivity contribution in [1.82, 2.24) is 4.98 Å². The van der Waals surface area contributed by atoms with Gasteiger partial charge in [0, 0.05) is 6.20 Å². The fourth-order valence-electron chi connectivity index (χ4n) is 1.45. The van der Waals surface area contributed by atoms with Crippen molar-refractivity contribution >= 4 is 5.97 Å². The zero-order valence-electron chi connectivity index (χ0n) is 9.89. The quantitative estimate of drug-likeness (QED) is 0.935. The summed E-state index contributed by atoms with van der Waals surface area (Å²) < 4.78 is 43.0. The van der Waals surface area contributed by atoms with Gasteiger partial charge in [0.1, 0.15) is 5.75 Å². The normalized spacial score (nSPS) is 11.2. The average Bonchev–Trinajstić information content (AvgIpc) is 2.38. The maximum Gasteiger partial charge on any atom is 0.418 e. The number of alkyl halides is 3. The van der Waals surface area contributed by atoms with Gasteiger partial charge in [-0.05, 0) is 18.2 Å². The Labute approximate surface area is 111 Å². The molecule has 0 amide bonds. The lowest BCUT2D eigenvalue weighted by atomic mass is 10.2. The van der Waals surface area contributed by atoms with Gasteiger partial charge in [-0.25, -0.2) is 9.78 Å². The molecule has 4 nitrogen and oxygen atoms in total. The van der Waals surface area contributed by atoms with Crippen molar-refractivity contribution in [3.05, 3.63) is 53.9 Å². The summed E-state index contributed by atoms with van der Waals surface area (Å²) in [4.78, 5) is 14.2. The molecule has 0 spiro atoms. The molecule has 104 valence electrons. The Morgan fingerprint density at radius 2 is 1.85 bits per heavy atom. The zero-order valence-corrected chi connectivity index (χ0v) is 9.89. The highest BCUT2D eigenvalue weighted by Gasteiger charge is 2.32. The van der Waals surface area contributed by atoms with E-state index in [1.807, 2.05) is 0 Å². The molecule has 0 saturated heterocycles. The number of aromatic carboxylic acids is 1. The number of pyridine rings is 1. The number of carboxylic acid groups (broad SMARTS) is 1. The number of benzene rings is 1. The fraction of sp³-hybridized carbons (Fsp3) is 0.0769. The van der Waals surface area contributed by atoms with Gasteiger partial charge in [0.2, 0.25) is 0 Å². The lowest BCUT2D eigenvalue weighted by molar-refractivity contribution is -0.137. The summed E-state index contributed by atoms with van der Waals surface area (Å²) in [6.07, 6.45) is -4.17. The Morgan fingerprint density at radius 3 is 2.40 bits per heavy atom. The standard InChI is InChI=1S/C13H8F3NO3/c14-13(15,16)8-6-10(11(12(18)19)17-7-8)20-9-4-2-1-3-5-9/h1-7H,(H,18,19). The lowest BCUT2D eigenvalue weighted by Crippen LogP contribution is -2.10. The van der Waals surface area contributed by atoms with Gasteiger partial charge in [-0.3, -0.25) is 0 Å². The number of aromatic nitrogens is 1. The molecular formula is C13H8F3NO3. The van der Waals surface area contributed by atoms with E-state index < -0.39 is 29.2 Å². The minimum atomic E-state index is -4.63. The second kappa shape index (κ2) is 5.20. The molecule has 0 atom stereocenters. The van der Waals surface area contributed by atoms with E-state index in [1.165, 1.54) is 12.1 Å². The maximum absolute atomic E-state index is 12.6. The minimum absolute atomic E-state index is 0.219. The summed E-state index contributed by atoms with van der Waals surface area (Å²) in [7, 11) is 0. The smallest absolute Gasteiger partial charge is 0.418 e. The van der Waals surface area contributed by atoms with E-state index in [9.17, 15) is 18.0 Å². The Hall–Kier alpha value is -2.57. The molecule has 1 aromatic heterocycles. The van der Waals surface area contributed by atoms with Gasteiger partial charge in [0.25, 0.3) is 0 Å². The number of carboxylic acids is 1. The summed E-state index contributed by atoms with van der Waals surface area (Å²) in [6, 6.07) is 8.50. The maximum atomic E-state index is 12.6. The summed E-state index contributed by atoms with van der Waals surface area (Å²) in [5.74, 6) is -1.71. The van der Waals surface area contributed by atoms with Crippen molar-refractivity contribution in [3.8, 4) is 11.5 Å². The summed E-state index contributed by atoms with van der Waals surface area (Å²) in [5, 5.41) is 8.91. The van der Waals surface area contributed by atoms with Crippen LogP contribution in [0.15, 0.2) is 42.6 Å². The third-order valence-corrected chi connectivity index (χ3v) is 2.35. The molecule has 1 N–H and O–H groups in total. The molecule has 0 aliphatic carbocycles. The van der Waals surface area contributed by atoms with Crippen LogP contribution in [0.4, 0.5) is 13.2 Å².